The summed E-state index contributed by atoms with van der Waals surface area (Å²) in [6.45, 7) is 8.49. The van der Waals surface area contributed by atoms with Gasteiger partial charge in [0.1, 0.15) is 5.76 Å². The Morgan fingerprint density at radius 3 is 2.39 bits per heavy atom. The highest BCUT2D eigenvalue weighted by Crippen LogP contribution is 2.32. The van der Waals surface area contributed by atoms with Crippen LogP contribution in [-0.2, 0) is 14.8 Å². The summed E-state index contributed by atoms with van der Waals surface area (Å²) in [5.41, 5.74) is 2.15. The monoisotopic (exact) mass is 447 g/mol. The van der Waals surface area contributed by atoms with Gasteiger partial charge in [-0.3, -0.25) is 4.79 Å². The van der Waals surface area contributed by atoms with Crippen LogP contribution in [0.3, 0.4) is 0 Å². The molecule has 1 aromatic heterocycles. The van der Waals surface area contributed by atoms with Crippen molar-refractivity contribution in [3.05, 3.63) is 46.7 Å². The van der Waals surface area contributed by atoms with Crippen LogP contribution in [0.1, 0.15) is 52.0 Å². The van der Waals surface area contributed by atoms with E-state index in [-0.39, 0.29) is 11.8 Å². The summed E-state index contributed by atoms with van der Waals surface area (Å²) in [5.74, 6) is 0.899. The quantitative estimate of drug-likeness (QED) is 0.715. The first-order valence-corrected chi connectivity index (χ1v) is 12.1. The number of aryl methyl sites for hydroxylation is 3. The number of rotatable bonds is 4. The number of morpholine rings is 1. The lowest BCUT2D eigenvalue weighted by Crippen LogP contribution is -2.41. The van der Waals surface area contributed by atoms with Crippen LogP contribution in [0.5, 0.6) is 0 Å². The fourth-order valence-electron chi connectivity index (χ4n) is 4.28. The third kappa shape index (κ3) is 4.40. The molecule has 1 aromatic carbocycles. The molecule has 2 aromatic rings. The molecule has 0 bridgehead atoms. The average Bonchev–Trinajstić information content (AvgIpc) is 3.15. The van der Waals surface area contributed by atoms with Crippen LogP contribution in [-0.4, -0.2) is 67.9 Å². The van der Waals surface area contributed by atoms with Crippen LogP contribution in [0.15, 0.2) is 27.5 Å². The number of carbonyl (C=O) groups excluding carboxylic acids is 1. The molecule has 0 aliphatic carbocycles. The molecule has 168 valence electrons. The first-order chi connectivity index (χ1) is 14.8. The van der Waals surface area contributed by atoms with Crippen molar-refractivity contribution in [2.24, 2.45) is 0 Å². The molecule has 0 unspecified atom stereocenters. The number of amides is 1. The van der Waals surface area contributed by atoms with Gasteiger partial charge >= 0.3 is 0 Å². The van der Waals surface area contributed by atoms with E-state index in [9.17, 15) is 13.2 Å². The van der Waals surface area contributed by atoms with Gasteiger partial charge in [0.2, 0.25) is 10.0 Å². The lowest BCUT2D eigenvalue weighted by Gasteiger charge is -2.30. The van der Waals surface area contributed by atoms with Crippen LogP contribution in [0.25, 0.3) is 0 Å². The van der Waals surface area contributed by atoms with Crippen molar-refractivity contribution >= 4 is 15.9 Å². The number of aromatic nitrogens is 1. The van der Waals surface area contributed by atoms with E-state index in [1.54, 1.807) is 17.9 Å². The molecule has 1 amide bonds. The summed E-state index contributed by atoms with van der Waals surface area (Å²) in [5, 5.41) is 0. The predicted molar refractivity (Wildman–Crippen MR) is 115 cm³/mol. The largest absolute Gasteiger partial charge is 0.445 e. The predicted octanol–water partition coefficient (Wildman–Crippen LogP) is 2.64. The van der Waals surface area contributed by atoms with Crippen molar-refractivity contribution in [1.82, 2.24) is 14.2 Å². The maximum absolute atomic E-state index is 13.1. The van der Waals surface area contributed by atoms with E-state index in [2.05, 4.69) is 4.98 Å². The van der Waals surface area contributed by atoms with E-state index in [1.165, 1.54) is 4.31 Å². The van der Waals surface area contributed by atoms with Gasteiger partial charge in [-0.25, -0.2) is 13.4 Å². The van der Waals surface area contributed by atoms with Crippen LogP contribution in [0.2, 0.25) is 0 Å². The molecule has 0 N–H and O–H groups in total. The average molecular weight is 448 g/mol. The Morgan fingerprint density at radius 2 is 1.74 bits per heavy atom. The molecule has 2 aliphatic rings. The molecule has 0 saturated carbocycles. The van der Waals surface area contributed by atoms with Crippen LogP contribution in [0.4, 0.5) is 0 Å². The van der Waals surface area contributed by atoms with Gasteiger partial charge in [-0.2, -0.15) is 4.31 Å². The summed E-state index contributed by atoms with van der Waals surface area (Å²) in [4.78, 5) is 19.4. The van der Waals surface area contributed by atoms with E-state index in [0.717, 1.165) is 11.1 Å². The summed E-state index contributed by atoms with van der Waals surface area (Å²) in [6.07, 6.45) is 1.21. The lowest BCUT2D eigenvalue weighted by molar-refractivity contribution is 0.0298. The van der Waals surface area contributed by atoms with Crippen molar-refractivity contribution in [2.75, 3.05) is 39.4 Å². The van der Waals surface area contributed by atoms with Crippen LogP contribution in [0, 0.1) is 20.8 Å². The molecule has 31 heavy (non-hydrogen) atoms. The molecule has 8 nitrogen and oxygen atoms in total. The number of piperidine rings is 1. The molecule has 9 heteroatoms. The Hall–Kier alpha value is -2.23. The summed E-state index contributed by atoms with van der Waals surface area (Å²) in [6, 6.07) is 5.41. The zero-order chi connectivity index (χ0) is 22.2. The van der Waals surface area contributed by atoms with Crippen LogP contribution < -0.4 is 0 Å². The van der Waals surface area contributed by atoms with E-state index < -0.39 is 10.0 Å². The standard InChI is InChI=1S/C22H29N3O5S/c1-15-4-5-19(16(2)14-15)31(27,28)25-8-6-18(7-9-25)21-23-20(17(3)30-21)22(26)24-10-12-29-13-11-24/h4-5,14,18H,6-13H2,1-3H3. The number of hydrogen-bond donors (Lipinski definition) is 0. The maximum Gasteiger partial charge on any atom is 0.276 e. The second kappa shape index (κ2) is 8.72. The number of carbonyl (C=O) groups is 1. The SMILES string of the molecule is Cc1ccc(S(=O)(=O)N2CCC(c3nc(C(=O)N4CCOCC4)c(C)o3)CC2)c(C)c1. The Balaban J connectivity index is 1.45. The number of sulfonamides is 1. The van der Waals surface area contributed by atoms with E-state index in [0.29, 0.717) is 74.5 Å². The third-order valence-electron chi connectivity index (χ3n) is 6.07. The molecule has 0 spiro atoms. The van der Waals surface area contributed by atoms with Crippen molar-refractivity contribution < 1.29 is 22.4 Å². The van der Waals surface area contributed by atoms with Crippen molar-refractivity contribution in [1.29, 1.82) is 0 Å². The highest BCUT2D eigenvalue weighted by molar-refractivity contribution is 7.89. The Kier molecular flexibility index (Phi) is 6.18. The van der Waals surface area contributed by atoms with Gasteiger partial charge in [-0.05, 0) is 45.2 Å². The minimum Gasteiger partial charge on any atom is -0.445 e. The zero-order valence-electron chi connectivity index (χ0n) is 18.3. The Bertz CT molecular complexity index is 1060. The molecule has 4 rings (SSSR count). The normalized spacial score (nSPS) is 19.0. The highest BCUT2D eigenvalue weighted by atomic mass is 32.2. The van der Waals surface area contributed by atoms with Crippen molar-refractivity contribution in [3.8, 4) is 0 Å². The molecule has 3 heterocycles. The molecular weight excluding hydrogens is 418 g/mol. The van der Waals surface area contributed by atoms with Gasteiger partial charge in [0.25, 0.3) is 5.91 Å². The minimum atomic E-state index is -3.54. The van der Waals surface area contributed by atoms with Crippen molar-refractivity contribution in [2.45, 2.75) is 44.4 Å². The second-order valence-electron chi connectivity index (χ2n) is 8.31. The molecule has 2 saturated heterocycles. The van der Waals surface area contributed by atoms with Gasteiger partial charge in [-0.15, -0.1) is 0 Å². The number of ether oxygens (including phenoxy) is 1. The first kappa shape index (κ1) is 22.0. The van der Waals surface area contributed by atoms with Crippen LogP contribution >= 0.6 is 0 Å². The fourth-order valence-corrected chi connectivity index (χ4v) is 5.95. The van der Waals surface area contributed by atoms with Gasteiger partial charge < -0.3 is 14.1 Å². The smallest absolute Gasteiger partial charge is 0.276 e. The first-order valence-electron chi connectivity index (χ1n) is 10.7. The highest BCUT2D eigenvalue weighted by Gasteiger charge is 2.34. The lowest BCUT2D eigenvalue weighted by atomic mass is 9.98. The fraction of sp³-hybridized carbons (Fsp3) is 0.545. The summed E-state index contributed by atoms with van der Waals surface area (Å²) in [7, 11) is -3.54. The Labute approximate surface area is 183 Å². The van der Waals surface area contributed by atoms with E-state index >= 15 is 0 Å². The summed E-state index contributed by atoms with van der Waals surface area (Å²) < 4.78 is 38.9. The van der Waals surface area contributed by atoms with E-state index in [1.807, 2.05) is 26.0 Å². The zero-order valence-corrected chi connectivity index (χ0v) is 19.1. The maximum atomic E-state index is 13.1. The number of benzene rings is 1. The molecule has 0 atom stereocenters. The number of nitrogens with zero attached hydrogens (tertiary/aromatic N) is 3. The molecule has 2 fully saturated rings. The topological polar surface area (TPSA) is 93.0 Å². The van der Waals surface area contributed by atoms with Gasteiger partial charge in [0.15, 0.2) is 11.6 Å². The van der Waals surface area contributed by atoms with E-state index in [4.69, 9.17) is 9.15 Å². The third-order valence-corrected chi connectivity index (χ3v) is 8.12. The van der Waals surface area contributed by atoms with Gasteiger partial charge in [0, 0.05) is 32.1 Å². The van der Waals surface area contributed by atoms with Crippen molar-refractivity contribution in [3.63, 3.8) is 0 Å². The molecule has 2 aliphatic heterocycles. The van der Waals surface area contributed by atoms with Gasteiger partial charge in [-0.1, -0.05) is 17.7 Å². The van der Waals surface area contributed by atoms with Gasteiger partial charge in [0.05, 0.1) is 18.1 Å². The number of oxazole rings is 1. The Morgan fingerprint density at radius 1 is 1.06 bits per heavy atom. The molecular formula is C22H29N3O5S. The second-order valence-corrected chi connectivity index (χ2v) is 10.2. The number of hydrogen-bond acceptors (Lipinski definition) is 6. The molecule has 0 radical (unpaired) electrons. The summed E-state index contributed by atoms with van der Waals surface area (Å²) >= 11 is 0. The minimum absolute atomic E-state index is 0.00416.